The molecule has 6 heterocycles. The molecule has 2 aliphatic rings. The van der Waals surface area contributed by atoms with Crippen LogP contribution in [0.25, 0.3) is 11.0 Å². The quantitative estimate of drug-likeness (QED) is 0.148. The summed E-state index contributed by atoms with van der Waals surface area (Å²) in [7, 11) is 6.84. The Morgan fingerprint density at radius 1 is 0.520 bits per heavy atom. The van der Waals surface area contributed by atoms with E-state index in [1.54, 1.807) is 51.1 Å². The molecule has 2 aliphatic heterocycles. The van der Waals surface area contributed by atoms with Crippen molar-refractivity contribution in [3.8, 4) is 0 Å². The molecule has 0 amide bonds. The maximum absolute atomic E-state index is 5.49. The first kappa shape index (κ1) is 36.1. The van der Waals surface area contributed by atoms with E-state index in [-0.39, 0.29) is 0 Å². The number of fused-ring (bicyclic) bond motifs is 1. The van der Waals surface area contributed by atoms with E-state index >= 15 is 0 Å². The van der Waals surface area contributed by atoms with Crippen LogP contribution in [0.3, 0.4) is 0 Å². The summed E-state index contributed by atoms with van der Waals surface area (Å²) in [4.78, 5) is 43.8. The van der Waals surface area contributed by atoms with Gasteiger partial charge in [0.05, 0.1) is 26.4 Å². The van der Waals surface area contributed by atoms with Gasteiger partial charge in [-0.2, -0.15) is 9.97 Å². The van der Waals surface area contributed by atoms with Gasteiger partial charge in [-0.1, -0.05) is 0 Å². The van der Waals surface area contributed by atoms with Gasteiger partial charge in [-0.25, -0.2) is 19.9 Å². The van der Waals surface area contributed by atoms with Gasteiger partial charge < -0.3 is 48.3 Å². The van der Waals surface area contributed by atoms with Crippen LogP contribution in [0.4, 0.5) is 33.8 Å². The topological polar surface area (TPSA) is 134 Å². The molecule has 6 rings (SSSR count). The highest BCUT2D eigenvalue weighted by molar-refractivity contribution is 7.13. The summed E-state index contributed by atoms with van der Waals surface area (Å²) in [6.45, 7) is 10.9. The van der Waals surface area contributed by atoms with E-state index in [2.05, 4.69) is 39.4 Å². The number of hydrogen-bond donors (Lipinski definition) is 0. The van der Waals surface area contributed by atoms with Crippen LogP contribution in [-0.2, 0) is 18.9 Å². The lowest BCUT2D eigenvalue weighted by Crippen LogP contribution is -2.48. The SMILES string of the molecule is COCCN(CCOC)c1nc(N2CCN(c3nccs3)CC2)c2nc(N(CCOC)CCOC)nc(N3CCN(c4nccs4)CC3)c2n1. The van der Waals surface area contributed by atoms with E-state index in [1.807, 2.05) is 23.2 Å². The van der Waals surface area contributed by atoms with Gasteiger partial charge in [0.1, 0.15) is 11.0 Å². The lowest BCUT2D eigenvalue weighted by atomic mass is 10.2. The summed E-state index contributed by atoms with van der Waals surface area (Å²) in [5.74, 6) is 2.82. The third-order valence-electron chi connectivity index (χ3n) is 8.85. The maximum atomic E-state index is 5.49. The van der Waals surface area contributed by atoms with Crippen molar-refractivity contribution in [2.75, 3.05) is 163 Å². The third kappa shape index (κ3) is 8.60. The molecule has 2 saturated heterocycles. The molecule has 2 fully saturated rings. The number of aromatic nitrogens is 6. The highest BCUT2D eigenvalue weighted by atomic mass is 32.1. The van der Waals surface area contributed by atoms with Crippen LogP contribution in [0.1, 0.15) is 0 Å². The molecule has 4 aromatic heterocycles. The Bertz CT molecular complexity index is 1450. The van der Waals surface area contributed by atoms with Gasteiger partial charge in [-0.3, -0.25) is 0 Å². The van der Waals surface area contributed by atoms with Gasteiger partial charge in [0.2, 0.25) is 11.9 Å². The number of methoxy groups -OCH3 is 4. The zero-order chi connectivity index (χ0) is 34.7. The van der Waals surface area contributed by atoms with Crippen LogP contribution in [0.15, 0.2) is 23.2 Å². The highest BCUT2D eigenvalue weighted by Gasteiger charge is 2.30. The smallest absolute Gasteiger partial charge is 0.228 e. The molecule has 0 atom stereocenters. The zero-order valence-corrected chi connectivity index (χ0v) is 31.1. The zero-order valence-electron chi connectivity index (χ0n) is 29.4. The molecule has 50 heavy (non-hydrogen) atoms. The molecule has 0 spiro atoms. The number of hydrogen-bond acceptors (Lipinski definition) is 18. The number of thiazole rings is 2. The lowest BCUT2D eigenvalue weighted by Gasteiger charge is -2.37. The first-order valence-electron chi connectivity index (χ1n) is 17.0. The second kappa shape index (κ2) is 18.0. The van der Waals surface area contributed by atoms with Crippen molar-refractivity contribution in [2.24, 2.45) is 0 Å². The second-order valence-corrected chi connectivity index (χ2v) is 13.7. The summed E-state index contributed by atoms with van der Waals surface area (Å²) in [5.41, 5.74) is 1.47. The molecular formula is C32H48N12O4S2. The van der Waals surface area contributed by atoms with E-state index in [0.29, 0.717) is 64.5 Å². The number of rotatable bonds is 18. The van der Waals surface area contributed by atoms with E-state index in [9.17, 15) is 0 Å². The minimum absolute atomic E-state index is 0.530. The minimum Gasteiger partial charge on any atom is -0.383 e. The van der Waals surface area contributed by atoms with Gasteiger partial charge in [0.25, 0.3) is 0 Å². The fourth-order valence-electron chi connectivity index (χ4n) is 6.08. The van der Waals surface area contributed by atoms with Gasteiger partial charge in [-0.05, 0) is 0 Å². The van der Waals surface area contributed by atoms with Gasteiger partial charge in [0.15, 0.2) is 21.9 Å². The van der Waals surface area contributed by atoms with Crippen molar-refractivity contribution >= 4 is 67.5 Å². The first-order valence-corrected chi connectivity index (χ1v) is 18.7. The Kier molecular flexibility index (Phi) is 13.0. The van der Waals surface area contributed by atoms with Crippen LogP contribution in [0.2, 0.25) is 0 Å². The number of piperazine rings is 2. The van der Waals surface area contributed by atoms with E-state index in [1.165, 1.54) is 0 Å². The molecule has 0 bridgehead atoms. The molecule has 16 nitrogen and oxygen atoms in total. The standard InChI is InChI=1S/C32H48N12O4S2/c1-45-19-15-41(16-20-46-2)29-35-25-26(27(37-29)39-7-11-43(12-8-39)31-33-5-23-49-31)36-30(42(17-21-47-3)18-22-48-4)38-28(25)40-9-13-44(14-10-40)32-34-6-24-50-32/h5-6,23-24H,7-22H2,1-4H3. The predicted molar refractivity (Wildman–Crippen MR) is 200 cm³/mol. The predicted octanol–water partition coefficient (Wildman–Crippen LogP) is 2.18. The number of anilines is 6. The van der Waals surface area contributed by atoms with Crippen molar-refractivity contribution in [2.45, 2.75) is 0 Å². The molecular weight excluding hydrogens is 681 g/mol. The lowest BCUT2D eigenvalue weighted by molar-refractivity contribution is 0.189. The molecule has 4 aromatic rings. The molecule has 0 radical (unpaired) electrons. The summed E-state index contributed by atoms with van der Waals surface area (Å²) in [6.07, 6.45) is 3.72. The van der Waals surface area contributed by atoms with Crippen LogP contribution >= 0.6 is 22.7 Å². The summed E-state index contributed by atoms with van der Waals surface area (Å²) < 4.78 is 22.0. The normalized spacial score (nSPS) is 15.4. The summed E-state index contributed by atoms with van der Waals surface area (Å²) in [5, 5.41) is 6.13. The van der Waals surface area contributed by atoms with E-state index in [0.717, 1.165) is 85.3 Å². The fourth-order valence-corrected chi connectivity index (χ4v) is 7.47. The largest absolute Gasteiger partial charge is 0.383 e. The Morgan fingerprint density at radius 2 is 0.860 bits per heavy atom. The fraction of sp³-hybridized carbons (Fsp3) is 0.625. The molecule has 272 valence electrons. The van der Waals surface area contributed by atoms with Crippen molar-refractivity contribution in [1.29, 1.82) is 0 Å². The Balaban J connectivity index is 1.46. The number of nitrogens with zero attached hydrogens (tertiary/aromatic N) is 12. The molecule has 0 aliphatic carbocycles. The van der Waals surface area contributed by atoms with Crippen LogP contribution in [-0.4, -0.2) is 163 Å². The van der Waals surface area contributed by atoms with Gasteiger partial charge in [0, 0.05) is 130 Å². The third-order valence-corrected chi connectivity index (χ3v) is 10.5. The monoisotopic (exact) mass is 728 g/mol. The van der Waals surface area contributed by atoms with Crippen LogP contribution in [0, 0.1) is 0 Å². The maximum Gasteiger partial charge on any atom is 0.228 e. The molecule has 18 heteroatoms. The Labute approximate surface area is 301 Å². The molecule has 0 unspecified atom stereocenters. The van der Waals surface area contributed by atoms with Crippen molar-refractivity contribution in [1.82, 2.24) is 29.9 Å². The average Bonchev–Trinajstić information content (AvgIpc) is 3.91. The van der Waals surface area contributed by atoms with Crippen molar-refractivity contribution < 1.29 is 18.9 Å². The highest BCUT2D eigenvalue weighted by Crippen LogP contribution is 2.34. The minimum atomic E-state index is 0.530. The van der Waals surface area contributed by atoms with Crippen LogP contribution in [0.5, 0.6) is 0 Å². The molecule has 0 N–H and O–H groups in total. The van der Waals surface area contributed by atoms with Crippen molar-refractivity contribution in [3.05, 3.63) is 23.2 Å². The average molecular weight is 729 g/mol. The molecule has 0 aromatic carbocycles. The van der Waals surface area contributed by atoms with Gasteiger partial charge in [-0.15, -0.1) is 22.7 Å². The first-order chi connectivity index (χ1) is 24.6. The van der Waals surface area contributed by atoms with Crippen molar-refractivity contribution in [3.63, 3.8) is 0 Å². The Morgan fingerprint density at radius 3 is 1.16 bits per heavy atom. The van der Waals surface area contributed by atoms with E-state index in [4.69, 9.17) is 38.9 Å². The number of ether oxygens (including phenoxy) is 4. The summed E-state index contributed by atoms with van der Waals surface area (Å²) in [6, 6.07) is 0. The molecule has 0 saturated carbocycles. The van der Waals surface area contributed by atoms with Gasteiger partial charge >= 0.3 is 0 Å². The second-order valence-electron chi connectivity index (χ2n) is 11.9. The van der Waals surface area contributed by atoms with Crippen LogP contribution < -0.4 is 29.4 Å². The summed E-state index contributed by atoms with van der Waals surface area (Å²) >= 11 is 3.33. The van der Waals surface area contributed by atoms with E-state index < -0.39 is 0 Å². The Hall–Kier alpha value is -3.68.